The molecule has 2 unspecified atom stereocenters. The first-order valence-electron chi connectivity index (χ1n) is 8.00. The Morgan fingerprint density at radius 2 is 2.14 bits per heavy atom. The van der Waals surface area contributed by atoms with Crippen molar-refractivity contribution in [1.82, 2.24) is 10.2 Å². The third-order valence-electron chi connectivity index (χ3n) is 4.70. The molecule has 0 aromatic heterocycles. The molecule has 0 radical (unpaired) electrons. The second-order valence-electron chi connectivity index (χ2n) is 6.18. The summed E-state index contributed by atoms with van der Waals surface area (Å²) in [6, 6.07) is 8.10. The van der Waals surface area contributed by atoms with E-state index < -0.39 is 0 Å². The van der Waals surface area contributed by atoms with Crippen molar-refractivity contribution in [1.29, 1.82) is 0 Å². The van der Waals surface area contributed by atoms with Gasteiger partial charge in [0.2, 0.25) is 5.91 Å². The summed E-state index contributed by atoms with van der Waals surface area (Å²) < 4.78 is 0. The highest BCUT2D eigenvalue weighted by molar-refractivity contribution is 6.31. The maximum Gasteiger partial charge on any atom is 0.223 e. The maximum atomic E-state index is 12.7. The van der Waals surface area contributed by atoms with Gasteiger partial charge in [0.25, 0.3) is 0 Å². The molecule has 3 nitrogen and oxygen atoms in total. The Hall–Kier alpha value is -1.06. The van der Waals surface area contributed by atoms with Crippen LogP contribution in [0.2, 0.25) is 5.02 Å². The Morgan fingerprint density at radius 1 is 1.29 bits per heavy atom. The van der Waals surface area contributed by atoms with Crippen LogP contribution in [0, 0.1) is 5.92 Å². The minimum atomic E-state index is 0.169. The molecule has 2 saturated heterocycles. The van der Waals surface area contributed by atoms with Crippen LogP contribution in [-0.2, 0) is 4.79 Å². The highest BCUT2D eigenvalue weighted by Crippen LogP contribution is 2.36. The second kappa shape index (κ2) is 6.80. The summed E-state index contributed by atoms with van der Waals surface area (Å²) in [5.74, 6) is 0.796. The number of benzene rings is 1. The number of likely N-dealkylation sites (tertiary alicyclic amines) is 1. The lowest BCUT2D eigenvalue weighted by molar-refractivity contribution is -0.133. The van der Waals surface area contributed by atoms with E-state index >= 15 is 0 Å². The fourth-order valence-corrected chi connectivity index (χ4v) is 3.86. The molecule has 0 bridgehead atoms. The van der Waals surface area contributed by atoms with Crippen LogP contribution in [-0.4, -0.2) is 30.4 Å². The van der Waals surface area contributed by atoms with Crippen LogP contribution in [0.25, 0.3) is 0 Å². The lowest BCUT2D eigenvalue weighted by Gasteiger charge is -2.29. The largest absolute Gasteiger partial charge is 0.336 e. The topological polar surface area (TPSA) is 32.3 Å². The zero-order chi connectivity index (χ0) is 14.7. The maximum absolute atomic E-state index is 12.7. The molecule has 1 aromatic carbocycles. The highest BCUT2D eigenvalue weighted by Gasteiger charge is 2.32. The number of hydrogen-bond acceptors (Lipinski definition) is 2. The molecule has 2 aliphatic rings. The van der Waals surface area contributed by atoms with Crippen LogP contribution in [0.5, 0.6) is 0 Å². The Bertz CT molecular complexity index is 499. The van der Waals surface area contributed by atoms with E-state index in [9.17, 15) is 4.79 Å². The molecule has 3 rings (SSSR count). The average Bonchev–Trinajstić information content (AvgIpc) is 2.98. The number of piperidine rings is 1. The van der Waals surface area contributed by atoms with E-state index in [2.05, 4.69) is 16.3 Å². The zero-order valence-electron chi connectivity index (χ0n) is 12.4. The molecular formula is C17H23ClN2O. The van der Waals surface area contributed by atoms with Crippen LogP contribution >= 0.6 is 11.6 Å². The number of carbonyl (C=O) groups is 1. The Morgan fingerprint density at radius 3 is 2.90 bits per heavy atom. The van der Waals surface area contributed by atoms with Crippen molar-refractivity contribution in [2.45, 2.75) is 38.1 Å². The van der Waals surface area contributed by atoms with Gasteiger partial charge in [-0.05, 0) is 56.3 Å². The third kappa shape index (κ3) is 3.41. The van der Waals surface area contributed by atoms with Crippen LogP contribution in [0.4, 0.5) is 0 Å². The van der Waals surface area contributed by atoms with Crippen molar-refractivity contribution in [2.75, 3.05) is 19.6 Å². The monoisotopic (exact) mass is 306 g/mol. The number of nitrogens with one attached hydrogen (secondary N) is 1. The van der Waals surface area contributed by atoms with E-state index in [1.165, 1.54) is 12.8 Å². The smallest absolute Gasteiger partial charge is 0.223 e. The zero-order valence-corrected chi connectivity index (χ0v) is 13.1. The predicted molar refractivity (Wildman–Crippen MR) is 85.4 cm³/mol. The van der Waals surface area contributed by atoms with Gasteiger partial charge in [0.15, 0.2) is 0 Å². The fourth-order valence-electron chi connectivity index (χ4n) is 3.60. The quantitative estimate of drug-likeness (QED) is 0.928. The van der Waals surface area contributed by atoms with Gasteiger partial charge in [0.1, 0.15) is 0 Å². The predicted octanol–water partition coefficient (Wildman–Crippen LogP) is 3.39. The van der Waals surface area contributed by atoms with Gasteiger partial charge >= 0.3 is 0 Å². The van der Waals surface area contributed by atoms with Crippen molar-refractivity contribution in [3.05, 3.63) is 34.9 Å². The molecule has 2 fully saturated rings. The summed E-state index contributed by atoms with van der Waals surface area (Å²) in [5.41, 5.74) is 1.10. The molecule has 0 saturated carbocycles. The lowest BCUT2D eigenvalue weighted by atomic mass is 9.95. The van der Waals surface area contributed by atoms with E-state index in [4.69, 9.17) is 11.6 Å². The summed E-state index contributed by atoms with van der Waals surface area (Å²) in [6.45, 7) is 2.95. The highest BCUT2D eigenvalue weighted by atomic mass is 35.5. The fraction of sp³-hybridized carbons (Fsp3) is 0.588. The summed E-state index contributed by atoms with van der Waals surface area (Å²) in [4.78, 5) is 14.7. The number of hydrogen-bond donors (Lipinski definition) is 1. The molecule has 0 aliphatic carbocycles. The Kier molecular flexibility index (Phi) is 4.81. The van der Waals surface area contributed by atoms with Crippen LogP contribution in [0.3, 0.4) is 0 Å². The Balaban J connectivity index is 1.68. The van der Waals surface area contributed by atoms with E-state index in [-0.39, 0.29) is 6.04 Å². The van der Waals surface area contributed by atoms with E-state index in [0.717, 1.165) is 43.1 Å². The number of nitrogens with zero attached hydrogens (tertiary/aromatic N) is 1. The van der Waals surface area contributed by atoms with Crippen LogP contribution in [0.1, 0.15) is 43.7 Å². The second-order valence-corrected chi connectivity index (χ2v) is 6.59. The molecule has 1 aromatic rings. The molecule has 21 heavy (non-hydrogen) atoms. The molecule has 0 spiro atoms. The molecule has 2 heterocycles. The van der Waals surface area contributed by atoms with Gasteiger partial charge in [-0.15, -0.1) is 0 Å². The van der Waals surface area contributed by atoms with Gasteiger partial charge in [-0.1, -0.05) is 29.8 Å². The number of rotatable bonds is 3. The van der Waals surface area contributed by atoms with E-state index in [1.807, 2.05) is 18.2 Å². The third-order valence-corrected chi connectivity index (χ3v) is 5.04. The normalized spacial score (nSPS) is 26.0. The molecule has 2 atom stereocenters. The van der Waals surface area contributed by atoms with Crippen LogP contribution < -0.4 is 5.32 Å². The summed E-state index contributed by atoms with van der Waals surface area (Å²) >= 11 is 6.32. The number of carbonyl (C=O) groups excluding carboxylic acids is 1. The average molecular weight is 307 g/mol. The van der Waals surface area contributed by atoms with Crippen molar-refractivity contribution >= 4 is 17.5 Å². The van der Waals surface area contributed by atoms with Gasteiger partial charge in [0, 0.05) is 18.0 Å². The first-order chi connectivity index (χ1) is 10.3. The minimum Gasteiger partial charge on any atom is -0.336 e. The van der Waals surface area contributed by atoms with Crippen LogP contribution in [0.15, 0.2) is 24.3 Å². The molecule has 1 amide bonds. The van der Waals surface area contributed by atoms with Gasteiger partial charge in [-0.25, -0.2) is 0 Å². The van der Waals surface area contributed by atoms with Gasteiger partial charge < -0.3 is 10.2 Å². The summed E-state index contributed by atoms with van der Waals surface area (Å²) in [6.07, 6.45) is 5.13. The van der Waals surface area contributed by atoms with Gasteiger partial charge in [-0.2, -0.15) is 0 Å². The molecule has 2 aliphatic heterocycles. The lowest BCUT2D eigenvalue weighted by Crippen LogP contribution is -2.36. The van der Waals surface area contributed by atoms with Crippen molar-refractivity contribution in [3.63, 3.8) is 0 Å². The van der Waals surface area contributed by atoms with Crippen molar-refractivity contribution in [2.24, 2.45) is 5.92 Å². The van der Waals surface area contributed by atoms with Crippen molar-refractivity contribution in [3.8, 4) is 0 Å². The molecule has 1 N–H and O–H groups in total. The SMILES string of the molecule is O=C(CC1CCCNC1)N1CCCC1c1ccccc1Cl. The number of amides is 1. The first-order valence-corrected chi connectivity index (χ1v) is 8.38. The minimum absolute atomic E-state index is 0.169. The molecule has 4 heteroatoms. The summed E-state index contributed by atoms with van der Waals surface area (Å²) in [5, 5.41) is 4.17. The molecular weight excluding hydrogens is 284 g/mol. The van der Waals surface area contributed by atoms with E-state index in [0.29, 0.717) is 18.2 Å². The first kappa shape index (κ1) is 14.9. The Labute approximate surface area is 131 Å². The standard InChI is InChI=1S/C17H23ClN2O/c18-15-7-2-1-6-14(15)16-8-4-10-20(16)17(21)11-13-5-3-9-19-12-13/h1-2,6-7,13,16,19H,3-5,8-12H2. The van der Waals surface area contributed by atoms with Gasteiger partial charge in [0.05, 0.1) is 6.04 Å². The molecule has 114 valence electrons. The van der Waals surface area contributed by atoms with E-state index in [1.54, 1.807) is 0 Å². The van der Waals surface area contributed by atoms with Crippen molar-refractivity contribution < 1.29 is 4.79 Å². The number of halogens is 1. The summed E-state index contributed by atoms with van der Waals surface area (Å²) in [7, 11) is 0. The van der Waals surface area contributed by atoms with Gasteiger partial charge in [-0.3, -0.25) is 4.79 Å².